The van der Waals surface area contributed by atoms with Crippen LogP contribution in [0.4, 0.5) is 5.69 Å². The highest BCUT2D eigenvalue weighted by Gasteiger charge is 2.35. The van der Waals surface area contributed by atoms with E-state index in [4.69, 9.17) is 0 Å². The average molecular weight is 306 g/mol. The molecule has 1 aromatic carbocycles. The highest BCUT2D eigenvalue weighted by molar-refractivity contribution is 7.99. The van der Waals surface area contributed by atoms with Gasteiger partial charge in [-0.25, -0.2) is 5.43 Å². The fourth-order valence-corrected chi connectivity index (χ4v) is 3.54. The number of carbonyl (C=O) groups excluding carboxylic acids is 1. The predicted molar refractivity (Wildman–Crippen MR) is 80.3 cm³/mol. The fourth-order valence-electron chi connectivity index (χ4n) is 2.50. The van der Waals surface area contributed by atoms with Gasteiger partial charge in [-0.2, -0.15) is 16.9 Å². The molecule has 2 heterocycles. The molecule has 8 heteroatoms. The number of nitrogens with zero attached hydrogens (tertiary/aromatic N) is 3. The maximum Gasteiger partial charge on any atom is 0.273 e. The van der Waals surface area contributed by atoms with E-state index < -0.39 is 4.92 Å². The number of rotatable bonds is 2. The third-order valence-electron chi connectivity index (χ3n) is 3.64. The number of hydrogen-bond donors (Lipinski definition) is 1. The molecule has 1 aromatic rings. The molecular formula is C13H14N4O3S. The monoisotopic (exact) mass is 306 g/mol. The van der Waals surface area contributed by atoms with Crippen LogP contribution in [0.2, 0.25) is 0 Å². The van der Waals surface area contributed by atoms with Crippen LogP contribution < -0.4 is 5.43 Å². The molecule has 0 spiro atoms. The number of hydrogen-bond acceptors (Lipinski definition) is 6. The van der Waals surface area contributed by atoms with Crippen molar-refractivity contribution >= 4 is 29.2 Å². The number of nitrogens with one attached hydrogen (secondary N) is 1. The zero-order valence-electron chi connectivity index (χ0n) is 11.4. The molecule has 21 heavy (non-hydrogen) atoms. The summed E-state index contributed by atoms with van der Waals surface area (Å²) in [4.78, 5) is 24.5. The van der Waals surface area contributed by atoms with Gasteiger partial charge in [0.25, 0.3) is 11.6 Å². The molecule has 1 fully saturated rings. The summed E-state index contributed by atoms with van der Waals surface area (Å²) < 4.78 is 0. The molecule has 1 N–H and O–H groups in total. The van der Waals surface area contributed by atoms with Gasteiger partial charge in [0.2, 0.25) is 0 Å². The van der Waals surface area contributed by atoms with Crippen molar-refractivity contribution in [3.8, 4) is 0 Å². The highest BCUT2D eigenvalue weighted by atomic mass is 32.2. The van der Waals surface area contributed by atoms with Crippen LogP contribution >= 0.6 is 11.8 Å². The molecule has 7 nitrogen and oxygen atoms in total. The van der Waals surface area contributed by atoms with E-state index in [1.54, 1.807) is 30.8 Å². The number of carbonyl (C=O) groups is 1. The van der Waals surface area contributed by atoms with E-state index in [-0.39, 0.29) is 17.6 Å². The van der Waals surface area contributed by atoms with Crippen LogP contribution in [0.5, 0.6) is 0 Å². The Hall–Kier alpha value is -2.09. The van der Waals surface area contributed by atoms with Gasteiger partial charge in [0.1, 0.15) is 6.04 Å². The smallest absolute Gasteiger partial charge is 0.273 e. The number of aryl methyl sites for hydroxylation is 1. The molecule has 2 aliphatic rings. The first-order valence-electron chi connectivity index (χ1n) is 6.55. The van der Waals surface area contributed by atoms with Crippen molar-refractivity contribution in [2.75, 3.05) is 18.1 Å². The van der Waals surface area contributed by atoms with E-state index in [0.29, 0.717) is 29.3 Å². The van der Waals surface area contributed by atoms with Crippen LogP contribution in [0, 0.1) is 17.0 Å². The minimum absolute atomic E-state index is 0.0648. The largest absolute Gasteiger partial charge is 0.341 e. The number of fused-ring (bicyclic) bond motifs is 1. The minimum Gasteiger partial charge on any atom is -0.341 e. The predicted octanol–water partition coefficient (Wildman–Crippen LogP) is 1.11. The quantitative estimate of drug-likeness (QED) is 0.653. The van der Waals surface area contributed by atoms with Gasteiger partial charge < -0.3 is 4.90 Å². The van der Waals surface area contributed by atoms with Gasteiger partial charge in [0.05, 0.1) is 4.92 Å². The molecule has 0 radical (unpaired) electrons. The summed E-state index contributed by atoms with van der Waals surface area (Å²) in [7, 11) is 0. The standard InChI is InChI=1S/C13H14N4O3S/c1-8-2-3-9(6-10(8)17(19)20)12-14-15-13(18)11-7-21-5-4-16(11)12/h2-3,6,11H,4-5,7H2,1H3,(H,15,18). The number of amides is 1. The van der Waals surface area contributed by atoms with Crippen LogP contribution in [0.15, 0.2) is 23.3 Å². The first kappa shape index (κ1) is 13.9. The Labute approximate surface area is 125 Å². The van der Waals surface area contributed by atoms with Crippen LogP contribution in [0.1, 0.15) is 11.1 Å². The Kier molecular flexibility index (Phi) is 3.54. The number of benzene rings is 1. The van der Waals surface area contributed by atoms with Crippen molar-refractivity contribution in [2.45, 2.75) is 13.0 Å². The Bertz CT molecular complexity index is 646. The molecule has 1 amide bonds. The molecule has 0 aliphatic carbocycles. The Morgan fingerprint density at radius 1 is 1.52 bits per heavy atom. The second-order valence-corrected chi connectivity index (χ2v) is 6.10. The Morgan fingerprint density at radius 2 is 2.33 bits per heavy atom. The van der Waals surface area contributed by atoms with Gasteiger partial charge in [0, 0.05) is 35.2 Å². The van der Waals surface area contributed by atoms with Crippen molar-refractivity contribution in [3.05, 3.63) is 39.4 Å². The number of nitro benzene ring substituents is 1. The Morgan fingerprint density at radius 3 is 3.10 bits per heavy atom. The molecule has 1 saturated heterocycles. The van der Waals surface area contributed by atoms with E-state index in [9.17, 15) is 14.9 Å². The third-order valence-corrected chi connectivity index (χ3v) is 4.66. The summed E-state index contributed by atoms with van der Waals surface area (Å²) in [5.41, 5.74) is 3.85. The maximum atomic E-state index is 11.9. The summed E-state index contributed by atoms with van der Waals surface area (Å²) in [5, 5.41) is 15.2. The molecular weight excluding hydrogens is 292 g/mol. The van der Waals surface area contributed by atoms with Gasteiger partial charge in [-0.3, -0.25) is 14.9 Å². The number of hydrazone groups is 1. The first-order valence-corrected chi connectivity index (χ1v) is 7.71. The summed E-state index contributed by atoms with van der Waals surface area (Å²) in [6.45, 7) is 2.41. The SMILES string of the molecule is Cc1ccc(C2=NNC(=O)C3CSCCN23)cc1[N+](=O)[O-]. The molecule has 1 unspecified atom stereocenters. The molecule has 110 valence electrons. The van der Waals surface area contributed by atoms with Crippen molar-refractivity contribution in [1.82, 2.24) is 10.3 Å². The maximum absolute atomic E-state index is 11.9. The van der Waals surface area contributed by atoms with Gasteiger partial charge in [-0.15, -0.1) is 0 Å². The average Bonchev–Trinajstić information content (AvgIpc) is 2.48. The topological polar surface area (TPSA) is 87.8 Å². The second-order valence-electron chi connectivity index (χ2n) is 4.95. The van der Waals surface area contributed by atoms with Crippen LogP contribution in [-0.2, 0) is 4.79 Å². The molecule has 3 rings (SSSR count). The zero-order chi connectivity index (χ0) is 15.0. The lowest BCUT2D eigenvalue weighted by molar-refractivity contribution is -0.385. The van der Waals surface area contributed by atoms with Gasteiger partial charge in [-0.1, -0.05) is 12.1 Å². The lowest BCUT2D eigenvalue weighted by Gasteiger charge is -2.38. The number of amidine groups is 1. The molecule has 0 aromatic heterocycles. The summed E-state index contributed by atoms with van der Waals surface area (Å²) in [6.07, 6.45) is 0. The molecule has 1 atom stereocenters. The van der Waals surface area contributed by atoms with E-state index in [0.717, 1.165) is 5.75 Å². The lowest BCUT2D eigenvalue weighted by Crippen LogP contribution is -2.57. The van der Waals surface area contributed by atoms with Crippen molar-refractivity contribution < 1.29 is 9.72 Å². The third kappa shape index (κ3) is 2.46. The van der Waals surface area contributed by atoms with Gasteiger partial charge in [-0.05, 0) is 6.92 Å². The Balaban J connectivity index is 2.01. The van der Waals surface area contributed by atoms with E-state index in [1.807, 2.05) is 4.90 Å². The van der Waals surface area contributed by atoms with Crippen molar-refractivity contribution in [1.29, 1.82) is 0 Å². The molecule has 0 saturated carbocycles. The van der Waals surface area contributed by atoms with Crippen molar-refractivity contribution in [2.24, 2.45) is 5.10 Å². The second kappa shape index (κ2) is 5.36. The summed E-state index contributed by atoms with van der Waals surface area (Å²) in [5.74, 6) is 2.10. The minimum atomic E-state index is -0.398. The van der Waals surface area contributed by atoms with Crippen molar-refractivity contribution in [3.63, 3.8) is 0 Å². The summed E-state index contributed by atoms with van der Waals surface area (Å²) in [6, 6.07) is 4.78. The first-order chi connectivity index (χ1) is 10.1. The van der Waals surface area contributed by atoms with Crippen LogP contribution in [-0.4, -0.2) is 45.7 Å². The number of thioether (sulfide) groups is 1. The van der Waals surface area contributed by atoms with Crippen LogP contribution in [0.3, 0.4) is 0 Å². The lowest BCUT2D eigenvalue weighted by atomic mass is 10.1. The van der Waals surface area contributed by atoms with Crippen LogP contribution in [0.25, 0.3) is 0 Å². The fraction of sp³-hybridized carbons (Fsp3) is 0.385. The van der Waals surface area contributed by atoms with E-state index >= 15 is 0 Å². The molecule has 0 bridgehead atoms. The van der Waals surface area contributed by atoms with Gasteiger partial charge >= 0.3 is 0 Å². The normalized spacial score (nSPS) is 21.4. The zero-order valence-corrected chi connectivity index (χ0v) is 12.2. The van der Waals surface area contributed by atoms with Gasteiger partial charge in [0.15, 0.2) is 5.84 Å². The summed E-state index contributed by atoms with van der Waals surface area (Å²) >= 11 is 1.73. The van der Waals surface area contributed by atoms with E-state index in [2.05, 4.69) is 10.5 Å². The number of nitro groups is 1. The molecule has 2 aliphatic heterocycles. The van der Waals surface area contributed by atoms with E-state index in [1.165, 1.54) is 6.07 Å². The highest BCUT2D eigenvalue weighted by Crippen LogP contribution is 2.25.